The number of carbonyl (C=O) groups excluding carboxylic acids is 1. The molecule has 0 bridgehead atoms. The molecule has 0 N–H and O–H groups in total. The number of carbonyl (C=O) groups is 1. The number of alkyl halides is 3. The molecule has 0 spiro atoms. The normalized spacial score (nSPS) is 13.4. The minimum atomic E-state index is -5.87. The van der Waals surface area contributed by atoms with E-state index in [0.717, 1.165) is 12.7 Å². The molecule has 6 nitrogen and oxygen atoms in total. The van der Waals surface area contributed by atoms with Crippen molar-refractivity contribution >= 4 is 16.1 Å². The number of hydrogen-bond donors (Lipinski definition) is 0. The number of methoxy groups -OCH3 is 2. The SMILES string of the molecule is COC(=O)C(CCCc1ccc(OC)cc1)OS(=O)(=O)C(F)(F)F. The lowest BCUT2D eigenvalue weighted by atomic mass is 10.1. The molecule has 136 valence electrons. The zero-order valence-corrected chi connectivity index (χ0v) is 13.8. The van der Waals surface area contributed by atoms with Crippen molar-refractivity contribution in [2.45, 2.75) is 30.9 Å². The molecule has 1 aromatic rings. The molecule has 0 amide bonds. The third-order valence-corrected chi connectivity index (χ3v) is 4.13. The number of rotatable bonds is 8. The van der Waals surface area contributed by atoms with Gasteiger partial charge in [0.25, 0.3) is 0 Å². The maximum Gasteiger partial charge on any atom is 0.523 e. The fourth-order valence-electron chi connectivity index (χ4n) is 1.83. The van der Waals surface area contributed by atoms with Gasteiger partial charge in [0, 0.05) is 0 Å². The highest BCUT2D eigenvalue weighted by atomic mass is 32.2. The van der Waals surface area contributed by atoms with Crippen LogP contribution in [0, 0.1) is 0 Å². The van der Waals surface area contributed by atoms with Crippen molar-refractivity contribution in [1.82, 2.24) is 0 Å². The molecule has 0 aliphatic heterocycles. The summed E-state index contributed by atoms with van der Waals surface area (Å²) in [5.41, 5.74) is -4.76. The lowest BCUT2D eigenvalue weighted by Gasteiger charge is -2.16. The Labute approximate surface area is 137 Å². The van der Waals surface area contributed by atoms with Crippen LogP contribution >= 0.6 is 0 Å². The second-order valence-corrected chi connectivity index (χ2v) is 6.31. The van der Waals surface area contributed by atoms with Crippen molar-refractivity contribution in [2.24, 2.45) is 0 Å². The average Bonchev–Trinajstić information content (AvgIpc) is 2.52. The molecule has 1 atom stereocenters. The fraction of sp³-hybridized carbons (Fsp3) is 0.500. The molecule has 10 heteroatoms. The Morgan fingerprint density at radius 1 is 1.17 bits per heavy atom. The number of esters is 1. The van der Waals surface area contributed by atoms with E-state index in [1.165, 1.54) is 7.11 Å². The van der Waals surface area contributed by atoms with Crippen molar-refractivity contribution in [3.05, 3.63) is 29.8 Å². The van der Waals surface area contributed by atoms with Crippen molar-refractivity contribution < 1.29 is 40.0 Å². The van der Waals surface area contributed by atoms with Gasteiger partial charge in [-0.15, -0.1) is 0 Å². The third-order valence-electron chi connectivity index (χ3n) is 3.08. The smallest absolute Gasteiger partial charge is 0.497 e. The Kier molecular flexibility index (Phi) is 7.03. The topological polar surface area (TPSA) is 78.9 Å². The minimum absolute atomic E-state index is 0.222. The lowest BCUT2D eigenvalue weighted by molar-refractivity contribution is -0.149. The predicted molar refractivity (Wildman–Crippen MR) is 77.8 cm³/mol. The Bertz CT molecular complexity index is 639. The molecule has 0 saturated carbocycles. The Hall–Kier alpha value is -1.81. The molecule has 1 unspecified atom stereocenters. The molecule has 24 heavy (non-hydrogen) atoms. The van der Waals surface area contributed by atoms with E-state index in [-0.39, 0.29) is 12.8 Å². The monoisotopic (exact) mass is 370 g/mol. The summed E-state index contributed by atoms with van der Waals surface area (Å²) < 4.78 is 72.3. The highest BCUT2D eigenvalue weighted by Gasteiger charge is 2.49. The van der Waals surface area contributed by atoms with Crippen LogP contribution in [0.4, 0.5) is 13.2 Å². The Morgan fingerprint density at radius 2 is 1.75 bits per heavy atom. The average molecular weight is 370 g/mol. The van der Waals surface area contributed by atoms with Gasteiger partial charge in [-0.25, -0.2) is 8.98 Å². The van der Waals surface area contributed by atoms with Gasteiger partial charge in [0.2, 0.25) is 0 Å². The fourth-order valence-corrected chi connectivity index (χ4v) is 2.42. The summed E-state index contributed by atoms with van der Waals surface area (Å²) in [6.45, 7) is 0. The molecule has 0 heterocycles. The number of ether oxygens (including phenoxy) is 2. The van der Waals surface area contributed by atoms with Crippen molar-refractivity contribution in [3.63, 3.8) is 0 Å². The molecule has 0 aliphatic rings. The van der Waals surface area contributed by atoms with Crippen LogP contribution in [-0.4, -0.2) is 40.2 Å². The quantitative estimate of drug-likeness (QED) is 0.397. The molecule has 0 aliphatic carbocycles. The third kappa shape index (κ3) is 5.68. The van der Waals surface area contributed by atoms with E-state index in [9.17, 15) is 26.4 Å². The van der Waals surface area contributed by atoms with Gasteiger partial charge in [0.1, 0.15) is 5.75 Å². The van der Waals surface area contributed by atoms with Crippen molar-refractivity contribution in [2.75, 3.05) is 14.2 Å². The van der Waals surface area contributed by atoms with E-state index in [2.05, 4.69) is 8.92 Å². The molecule has 0 aromatic heterocycles. The van der Waals surface area contributed by atoms with Crippen LogP contribution < -0.4 is 4.74 Å². The summed E-state index contributed by atoms with van der Waals surface area (Å²) in [5, 5.41) is 0. The van der Waals surface area contributed by atoms with Gasteiger partial charge >= 0.3 is 21.6 Å². The minimum Gasteiger partial charge on any atom is -0.497 e. The molecule has 0 radical (unpaired) electrons. The van der Waals surface area contributed by atoms with Crippen LogP contribution in [0.25, 0.3) is 0 Å². The zero-order valence-electron chi connectivity index (χ0n) is 13.0. The summed E-state index contributed by atoms with van der Waals surface area (Å²) in [7, 11) is -3.43. The van der Waals surface area contributed by atoms with Crippen molar-refractivity contribution in [3.8, 4) is 5.75 Å². The van der Waals surface area contributed by atoms with E-state index in [1.54, 1.807) is 24.3 Å². The zero-order chi connectivity index (χ0) is 18.4. The molecule has 0 saturated heterocycles. The van der Waals surface area contributed by atoms with E-state index < -0.39 is 27.7 Å². The molecule has 1 rings (SSSR count). The van der Waals surface area contributed by atoms with Crippen LogP contribution in [0.2, 0.25) is 0 Å². The second kappa shape index (κ2) is 8.34. The number of halogens is 3. The van der Waals surface area contributed by atoms with Crippen LogP contribution in [0.15, 0.2) is 24.3 Å². The Balaban J connectivity index is 2.68. The number of aryl methyl sites for hydroxylation is 1. The number of hydrogen-bond acceptors (Lipinski definition) is 6. The van der Waals surface area contributed by atoms with Gasteiger partial charge < -0.3 is 9.47 Å². The molecule has 0 fully saturated rings. The standard InChI is InChI=1S/C14H17F3O6S/c1-21-11-8-6-10(7-9-11)4-3-5-12(13(18)22-2)23-24(19,20)14(15,16)17/h6-9,12H,3-5H2,1-2H3. The Morgan fingerprint density at radius 3 is 2.21 bits per heavy atom. The summed E-state index contributed by atoms with van der Waals surface area (Å²) >= 11 is 0. The lowest BCUT2D eigenvalue weighted by Crippen LogP contribution is -2.34. The van der Waals surface area contributed by atoms with E-state index in [1.807, 2.05) is 0 Å². The summed E-state index contributed by atoms with van der Waals surface area (Å²) in [6.07, 6.45) is -1.46. The first kappa shape index (κ1) is 20.2. The highest BCUT2D eigenvalue weighted by molar-refractivity contribution is 7.87. The summed E-state index contributed by atoms with van der Waals surface area (Å²) in [4.78, 5) is 11.4. The van der Waals surface area contributed by atoms with E-state index in [4.69, 9.17) is 4.74 Å². The van der Waals surface area contributed by atoms with Gasteiger partial charge in [0.05, 0.1) is 14.2 Å². The van der Waals surface area contributed by atoms with Gasteiger partial charge in [0.15, 0.2) is 6.10 Å². The first-order valence-corrected chi connectivity index (χ1v) is 8.22. The van der Waals surface area contributed by atoms with Crippen LogP contribution in [0.1, 0.15) is 18.4 Å². The second-order valence-electron chi connectivity index (χ2n) is 4.75. The van der Waals surface area contributed by atoms with Gasteiger partial charge in [-0.2, -0.15) is 21.6 Å². The maximum absolute atomic E-state index is 12.3. The van der Waals surface area contributed by atoms with Crippen LogP contribution in [0.5, 0.6) is 5.75 Å². The number of benzene rings is 1. The van der Waals surface area contributed by atoms with Crippen molar-refractivity contribution in [1.29, 1.82) is 0 Å². The van der Waals surface area contributed by atoms with Crippen LogP contribution in [-0.2, 0) is 30.3 Å². The summed E-state index contributed by atoms with van der Waals surface area (Å²) in [6, 6.07) is 6.91. The predicted octanol–water partition coefficient (Wildman–Crippen LogP) is 2.43. The van der Waals surface area contributed by atoms with Gasteiger partial charge in [-0.05, 0) is 37.0 Å². The van der Waals surface area contributed by atoms with Gasteiger partial charge in [-0.3, -0.25) is 0 Å². The summed E-state index contributed by atoms with van der Waals surface area (Å²) in [5.74, 6) is -0.539. The maximum atomic E-state index is 12.3. The van der Waals surface area contributed by atoms with E-state index in [0.29, 0.717) is 12.2 Å². The van der Waals surface area contributed by atoms with Crippen LogP contribution in [0.3, 0.4) is 0 Å². The highest BCUT2D eigenvalue weighted by Crippen LogP contribution is 2.27. The van der Waals surface area contributed by atoms with Gasteiger partial charge in [-0.1, -0.05) is 12.1 Å². The largest absolute Gasteiger partial charge is 0.523 e. The van der Waals surface area contributed by atoms with E-state index >= 15 is 0 Å². The first-order chi connectivity index (χ1) is 11.1. The first-order valence-electron chi connectivity index (χ1n) is 6.81. The molecular formula is C14H17F3O6S. The molecule has 1 aromatic carbocycles. The molecular weight excluding hydrogens is 353 g/mol.